The molecule has 0 aliphatic rings. The molecule has 1 atom stereocenters. The van der Waals surface area contributed by atoms with Crippen LogP contribution in [0, 0.1) is 0 Å². The van der Waals surface area contributed by atoms with E-state index in [1.54, 1.807) is 0 Å². The molecule has 1 N–H and O–H groups in total. The SMILES string of the molecule is O=C(O)c1ccc(/C=C/C(c2ccc(Cl)c(Cl)c2)C(F)(F)F)cc1C(F)(F)F. The Morgan fingerprint density at radius 1 is 0.964 bits per heavy atom. The number of hydrogen-bond acceptors (Lipinski definition) is 1. The largest absolute Gasteiger partial charge is 0.478 e. The summed E-state index contributed by atoms with van der Waals surface area (Å²) in [4.78, 5) is 10.9. The van der Waals surface area contributed by atoms with Crippen molar-refractivity contribution < 1.29 is 36.2 Å². The second kappa shape index (κ2) is 8.05. The molecule has 0 aliphatic heterocycles. The van der Waals surface area contributed by atoms with Crippen LogP contribution in [-0.4, -0.2) is 17.3 Å². The topological polar surface area (TPSA) is 37.3 Å². The monoisotopic (exact) mass is 442 g/mol. The summed E-state index contributed by atoms with van der Waals surface area (Å²) in [7, 11) is 0. The molecule has 28 heavy (non-hydrogen) atoms. The summed E-state index contributed by atoms with van der Waals surface area (Å²) in [5, 5.41) is 8.80. The van der Waals surface area contributed by atoms with Gasteiger partial charge in [-0.25, -0.2) is 4.79 Å². The molecule has 0 heterocycles. The number of benzene rings is 2. The summed E-state index contributed by atoms with van der Waals surface area (Å²) in [5.74, 6) is -3.96. The van der Waals surface area contributed by atoms with E-state index in [9.17, 15) is 31.1 Å². The standard InChI is InChI=1S/C18H10Cl2F6O2/c19-14-6-3-10(8-15(14)20)12(17(21,22)23)5-2-9-1-4-11(16(27)28)13(7-9)18(24,25)26/h1-8,12H,(H,27,28)/b5-2+. The van der Waals surface area contributed by atoms with E-state index >= 15 is 0 Å². The second-order valence-corrected chi connectivity index (χ2v) is 6.47. The molecular weight excluding hydrogens is 433 g/mol. The number of hydrogen-bond donors (Lipinski definition) is 1. The number of allylic oxidation sites excluding steroid dienone is 1. The lowest BCUT2D eigenvalue weighted by atomic mass is 9.96. The fraction of sp³-hybridized carbons (Fsp3) is 0.167. The first kappa shape index (κ1) is 22.1. The van der Waals surface area contributed by atoms with E-state index in [0.717, 1.165) is 24.3 Å². The van der Waals surface area contributed by atoms with Gasteiger partial charge in [0.15, 0.2) is 0 Å². The first-order valence-electron chi connectivity index (χ1n) is 7.45. The van der Waals surface area contributed by atoms with Gasteiger partial charge in [-0.05, 0) is 35.4 Å². The molecule has 0 fully saturated rings. The molecule has 2 aromatic carbocycles. The van der Waals surface area contributed by atoms with Crippen LogP contribution >= 0.6 is 23.2 Å². The highest BCUT2D eigenvalue weighted by atomic mass is 35.5. The van der Waals surface area contributed by atoms with Crippen LogP contribution in [0.2, 0.25) is 10.0 Å². The Labute approximate surface area is 165 Å². The van der Waals surface area contributed by atoms with E-state index in [1.807, 2.05) is 0 Å². The molecule has 2 aromatic rings. The molecule has 0 aromatic heterocycles. The number of carbonyl (C=O) groups is 1. The fourth-order valence-electron chi connectivity index (χ4n) is 2.41. The van der Waals surface area contributed by atoms with E-state index in [0.29, 0.717) is 18.2 Å². The lowest BCUT2D eigenvalue weighted by Gasteiger charge is -2.18. The highest BCUT2D eigenvalue weighted by molar-refractivity contribution is 6.42. The van der Waals surface area contributed by atoms with Crippen LogP contribution in [-0.2, 0) is 6.18 Å². The third-order valence-electron chi connectivity index (χ3n) is 3.72. The van der Waals surface area contributed by atoms with Gasteiger partial charge in [-0.15, -0.1) is 0 Å². The van der Waals surface area contributed by atoms with E-state index < -0.39 is 35.4 Å². The normalized spacial score (nSPS) is 13.7. The van der Waals surface area contributed by atoms with Crippen LogP contribution in [0.25, 0.3) is 6.08 Å². The van der Waals surface area contributed by atoms with E-state index in [1.165, 1.54) is 6.07 Å². The van der Waals surface area contributed by atoms with Crippen molar-refractivity contribution in [3.05, 3.63) is 74.8 Å². The van der Waals surface area contributed by atoms with Crippen molar-refractivity contribution in [1.29, 1.82) is 0 Å². The van der Waals surface area contributed by atoms with Crippen LogP contribution in [0.5, 0.6) is 0 Å². The third kappa shape index (κ3) is 5.20. The van der Waals surface area contributed by atoms with Gasteiger partial charge in [0, 0.05) is 0 Å². The Bertz CT molecular complexity index is 919. The minimum Gasteiger partial charge on any atom is -0.478 e. The van der Waals surface area contributed by atoms with Crippen molar-refractivity contribution >= 4 is 35.2 Å². The highest BCUT2D eigenvalue weighted by Gasteiger charge is 2.39. The van der Waals surface area contributed by atoms with Crippen LogP contribution in [0.4, 0.5) is 26.3 Å². The predicted molar refractivity (Wildman–Crippen MR) is 92.7 cm³/mol. The van der Waals surface area contributed by atoms with Crippen LogP contribution in [0.15, 0.2) is 42.5 Å². The molecule has 2 rings (SSSR count). The van der Waals surface area contributed by atoms with E-state index in [2.05, 4.69) is 0 Å². The maximum atomic E-state index is 13.4. The van der Waals surface area contributed by atoms with Gasteiger partial charge in [-0.3, -0.25) is 0 Å². The minimum atomic E-state index is -4.98. The van der Waals surface area contributed by atoms with Gasteiger partial charge in [0.1, 0.15) is 0 Å². The predicted octanol–water partition coefficient (Wildman–Crippen LogP) is 7.07. The summed E-state index contributed by atoms with van der Waals surface area (Å²) in [6, 6.07) is 5.44. The van der Waals surface area contributed by atoms with Crippen LogP contribution in [0.1, 0.15) is 33.0 Å². The fourth-order valence-corrected chi connectivity index (χ4v) is 2.72. The van der Waals surface area contributed by atoms with Gasteiger partial charge < -0.3 is 5.11 Å². The Balaban J connectivity index is 2.48. The number of carboxylic acid groups (broad SMARTS) is 1. The van der Waals surface area contributed by atoms with Crippen molar-refractivity contribution in [2.45, 2.75) is 18.3 Å². The highest BCUT2D eigenvalue weighted by Crippen LogP contribution is 2.39. The van der Waals surface area contributed by atoms with Gasteiger partial charge in [-0.2, -0.15) is 26.3 Å². The molecule has 0 saturated carbocycles. The van der Waals surface area contributed by atoms with Crippen LogP contribution in [0.3, 0.4) is 0 Å². The molecular formula is C18H10Cl2F6O2. The molecule has 0 aliphatic carbocycles. The summed E-state index contributed by atoms with van der Waals surface area (Å²) in [6.07, 6.45) is -8.23. The molecule has 1 unspecified atom stereocenters. The second-order valence-electron chi connectivity index (χ2n) is 5.66. The Morgan fingerprint density at radius 3 is 2.11 bits per heavy atom. The zero-order valence-electron chi connectivity index (χ0n) is 13.6. The maximum absolute atomic E-state index is 13.4. The number of halogens is 8. The van der Waals surface area contributed by atoms with Gasteiger partial charge >= 0.3 is 18.3 Å². The van der Waals surface area contributed by atoms with Gasteiger partial charge in [0.25, 0.3) is 0 Å². The van der Waals surface area contributed by atoms with Crippen molar-refractivity contribution in [1.82, 2.24) is 0 Å². The van der Waals surface area contributed by atoms with Crippen molar-refractivity contribution in [3.63, 3.8) is 0 Å². The average Bonchev–Trinajstić information content (AvgIpc) is 2.56. The van der Waals surface area contributed by atoms with E-state index in [4.69, 9.17) is 28.3 Å². The third-order valence-corrected chi connectivity index (χ3v) is 4.46. The summed E-state index contributed by atoms with van der Waals surface area (Å²) in [6.45, 7) is 0. The minimum absolute atomic E-state index is 0.0504. The number of alkyl halides is 6. The smallest absolute Gasteiger partial charge is 0.417 e. The Morgan fingerprint density at radius 2 is 1.61 bits per heavy atom. The lowest BCUT2D eigenvalue weighted by Crippen LogP contribution is -2.19. The Hall–Kier alpha value is -2.19. The number of aromatic carboxylic acids is 1. The number of carboxylic acids is 1. The average molecular weight is 443 g/mol. The van der Waals surface area contributed by atoms with Gasteiger partial charge in [-0.1, -0.05) is 47.5 Å². The molecule has 0 bridgehead atoms. The molecule has 0 saturated heterocycles. The Kier molecular flexibility index (Phi) is 6.35. The first-order valence-corrected chi connectivity index (χ1v) is 8.20. The zero-order valence-corrected chi connectivity index (χ0v) is 15.1. The summed E-state index contributed by atoms with van der Waals surface area (Å²) in [5.41, 5.74) is -2.95. The van der Waals surface area contributed by atoms with Gasteiger partial charge in [0.2, 0.25) is 0 Å². The molecule has 0 amide bonds. The van der Waals surface area contributed by atoms with Gasteiger partial charge in [0.05, 0.1) is 27.1 Å². The summed E-state index contributed by atoms with van der Waals surface area (Å²) >= 11 is 11.4. The van der Waals surface area contributed by atoms with Crippen LogP contribution < -0.4 is 0 Å². The lowest BCUT2D eigenvalue weighted by molar-refractivity contribution is -0.139. The quantitative estimate of drug-likeness (QED) is 0.514. The molecule has 2 nitrogen and oxygen atoms in total. The van der Waals surface area contributed by atoms with Crippen molar-refractivity contribution in [2.75, 3.05) is 0 Å². The molecule has 0 radical (unpaired) electrons. The maximum Gasteiger partial charge on any atom is 0.417 e. The molecule has 0 spiro atoms. The summed E-state index contributed by atoms with van der Waals surface area (Å²) < 4.78 is 79.3. The molecule has 150 valence electrons. The first-order chi connectivity index (χ1) is 12.8. The van der Waals surface area contributed by atoms with E-state index in [-0.39, 0.29) is 21.2 Å². The number of rotatable bonds is 4. The van der Waals surface area contributed by atoms with Crippen molar-refractivity contribution in [3.8, 4) is 0 Å². The molecule has 10 heteroatoms. The van der Waals surface area contributed by atoms with Crippen molar-refractivity contribution in [2.24, 2.45) is 0 Å². The zero-order chi connectivity index (χ0) is 21.3.